The topological polar surface area (TPSA) is 64.6 Å². The zero-order valence-corrected chi connectivity index (χ0v) is 22.4. The summed E-state index contributed by atoms with van der Waals surface area (Å²) in [4.78, 5) is 22.6. The van der Waals surface area contributed by atoms with Gasteiger partial charge in [-0.2, -0.15) is 0 Å². The third-order valence-electron chi connectivity index (χ3n) is 3.25. The lowest BCUT2D eigenvalue weighted by Gasteiger charge is -2.08. The number of methoxy groups -OCH3 is 2. The van der Waals surface area contributed by atoms with E-state index < -0.39 is 30.0 Å². The predicted octanol–water partition coefficient (Wildman–Crippen LogP) is 6.87. The molecule has 0 amide bonds. The first-order valence-corrected chi connectivity index (χ1v) is 11.3. The number of carbonyl (C=O) groups is 2. The molecule has 1 N–H and O–H groups in total. The highest BCUT2D eigenvalue weighted by atomic mass is 19.3. The van der Waals surface area contributed by atoms with Crippen molar-refractivity contribution in [1.29, 1.82) is 0 Å². The van der Waals surface area contributed by atoms with Gasteiger partial charge < -0.3 is 14.8 Å². The van der Waals surface area contributed by atoms with Crippen LogP contribution in [0.5, 0.6) is 0 Å². The molecule has 0 radical (unpaired) electrons. The first-order valence-electron chi connectivity index (χ1n) is 11.3. The lowest BCUT2D eigenvalue weighted by Crippen LogP contribution is -2.21. The van der Waals surface area contributed by atoms with Gasteiger partial charge in [0, 0.05) is 6.04 Å². The van der Waals surface area contributed by atoms with Gasteiger partial charge in [0.2, 0.25) is 6.43 Å². The molecule has 1 aliphatic carbocycles. The third kappa shape index (κ3) is 19.9. The van der Waals surface area contributed by atoms with Gasteiger partial charge in [-0.25, -0.2) is 22.8 Å². The van der Waals surface area contributed by atoms with Crippen LogP contribution in [0.15, 0.2) is 23.9 Å². The summed E-state index contributed by atoms with van der Waals surface area (Å²) in [6, 6.07) is -0.313. The summed E-state index contributed by atoms with van der Waals surface area (Å²) in [5.74, 6) is -1.66. The standard InChI is InChI=1S/C13H17F2NO4.C3H7F.4C2H6/c1-13(12(14)15)7-9(13)16-6-4-5-8(10(17)19-2)11(18)20-3;1-3(2)4;4*1-2/h4-6,9,12,16H,7H2,1-3H3;3H,1-2H3;4*1-2H3/b6-4+;;;;;. The Bertz CT molecular complexity index is 475. The minimum atomic E-state index is -2.38. The van der Waals surface area contributed by atoms with Gasteiger partial charge in [-0.1, -0.05) is 62.3 Å². The molecule has 2 atom stereocenters. The summed E-state index contributed by atoms with van der Waals surface area (Å²) in [5.41, 5.74) is -1.29. The third-order valence-corrected chi connectivity index (χ3v) is 3.25. The molecule has 194 valence electrons. The molecule has 32 heavy (non-hydrogen) atoms. The molecule has 1 fully saturated rings. The monoisotopic (exact) mass is 471 g/mol. The van der Waals surface area contributed by atoms with E-state index in [0.29, 0.717) is 6.42 Å². The molecule has 1 rings (SSSR count). The molecular formula is C24H48F3NO4. The molecule has 0 saturated heterocycles. The van der Waals surface area contributed by atoms with E-state index in [1.807, 2.05) is 55.4 Å². The fourth-order valence-electron chi connectivity index (χ4n) is 1.63. The van der Waals surface area contributed by atoms with E-state index in [4.69, 9.17) is 0 Å². The molecular weight excluding hydrogens is 423 g/mol. The van der Waals surface area contributed by atoms with Crippen molar-refractivity contribution in [3.05, 3.63) is 23.9 Å². The highest BCUT2D eigenvalue weighted by Gasteiger charge is 2.56. The zero-order chi connectivity index (χ0) is 26.9. The molecule has 8 heteroatoms. The van der Waals surface area contributed by atoms with Crippen LogP contribution in [-0.4, -0.2) is 44.8 Å². The van der Waals surface area contributed by atoms with Crippen LogP contribution >= 0.6 is 0 Å². The largest absolute Gasteiger partial charge is 0.465 e. The van der Waals surface area contributed by atoms with E-state index in [1.165, 1.54) is 39.1 Å². The Labute approximate surface area is 194 Å². The second-order valence-electron chi connectivity index (χ2n) is 5.67. The second-order valence-corrected chi connectivity index (χ2v) is 5.67. The maximum Gasteiger partial charge on any atom is 0.345 e. The normalized spacial score (nSPS) is 17.1. The number of allylic oxidation sites excluding steroid dienone is 2. The lowest BCUT2D eigenvalue weighted by atomic mass is 10.1. The summed E-state index contributed by atoms with van der Waals surface area (Å²) in [7, 11) is 2.28. The van der Waals surface area contributed by atoms with Crippen molar-refractivity contribution < 1.29 is 32.2 Å². The van der Waals surface area contributed by atoms with Crippen LogP contribution in [-0.2, 0) is 19.1 Å². The zero-order valence-electron chi connectivity index (χ0n) is 22.4. The van der Waals surface area contributed by atoms with Gasteiger partial charge in [0.15, 0.2) is 0 Å². The first-order chi connectivity index (χ1) is 15.1. The van der Waals surface area contributed by atoms with Crippen molar-refractivity contribution in [1.82, 2.24) is 5.32 Å². The molecule has 0 bridgehead atoms. The summed E-state index contributed by atoms with van der Waals surface area (Å²) < 4.78 is 45.1. The first kappa shape index (κ1) is 40.4. The number of alkyl halides is 3. The number of esters is 2. The molecule has 1 saturated carbocycles. The maximum absolute atomic E-state index is 12.6. The minimum Gasteiger partial charge on any atom is -0.465 e. The van der Waals surface area contributed by atoms with Crippen molar-refractivity contribution in [3.63, 3.8) is 0 Å². The molecule has 0 aliphatic heterocycles. The average Bonchev–Trinajstić information content (AvgIpc) is 3.49. The predicted molar refractivity (Wildman–Crippen MR) is 129 cm³/mol. The molecule has 0 aromatic rings. The van der Waals surface area contributed by atoms with Crippen molar-refractivity contribution in [2.75, 3.05) is 14.2 Å². The van der Waals surface area contributed by atoms with E-state index in [1.54, 1.807) is 0 Å². The number of halogens is 3. The van der Waals surface area contributed by atoms with E-state index >= 15 is 0 Å². The molecule has 2 unspecified atom stereocenters. The quantitative estimate of drug-likeness (QED) is 0.150. The van der Waals surface area contributed by atoms with Gasteiger partial charge >= 0.3 is 11.9 Å². The Morgan fingerprint density at radius 1 is 0.906 bits per heavy atom. The Morgan fingerprint density at radius 3 is 1.50 bits per heavy atom. The number of nitrogens with one attached hydrogen (secondary N) is 1. The van der Waals surface area contributed by atoms with Crippen LogP contribution in [0.25, 0.3) is 0 Å². The Hall–Kier alpha value is -1.99. The van der Waals surface area contributed by atoms with E-state index in [-0.39, 0.29) is 11.6 Å². The van der Waals surface area contributed by atoms with Gasteiger partial charge in [-0.15, -0.1) is 0 Å². The summed E-state index contributed by atoms with van der Waals surface area (Å²) >= 11 is 0. The van der Waals surface area contributed by atoms with E-state index in [2.05, 4.69) is 14.8 Å². The van der Waals surface area contributed by atoms with E-state index in [9.17, 15) is 22.8 Å². The highest BCUT2D eigenvalue weighted by Crippen LogP contribution is 2.50. The molecule has 0 aromatic heterocycles. The summed E-state index contributed by atoms with van der Waals surface area (Å²) in [6.45, 7) is 20.5. The van der Waals surface area contributed by atoms with Crippen molar-refractivity contribution in [2.45, 2.75) is 101 Å². The fourth-order valence-corrected chi connectivity index (χ4v) is 1.63. The highest BCUT2D eigenvalue weighted by molar-refractivity contribution is 6.14. The Morgan fingerprint density at radius 2 is 1.25 bits per heavy atom. The van der Waals surface area contributed by atoms with Crippen LogP contribution in [0.3, 0.4) is 0 Å². The molecule has 0 aromatic carbocycles. The van der Waals surface area contributed by atoms with Crippen LogP contribution in [0.2, 0.25) is 0 Å². The number of rotatable bonds is 6. The average molecular weight is 472 g/mol. The van der Waals surface area contributed by atoms with Crippen molar-refractivity contribution in [3.8, 4) is 0 Å². The molecule has 1 aliphatic rings. The summed E-state index contributed by atoms with van der Waals surface area (Å²) in [6.07, 6.45) is 1.30. The van der Waals surface area contributed by atoms with Crippen LogP contribution in [0.1, 0.15) is 82.6 Å². The number of carbonyl (C=O) groups excluding carboxylic acids is 2. The van der Waals surface area contributed by atoms with Crippen molar-refractivity contribution in [2.24, 2.45) is 5.41 Å². The molecule has 0 spiro atoms. The van der Waals surface area contributed by atoms with Gasteiger partial charge in [-0.05, 0) is 38.6 Å². The Kier molecular flexibility index (Phi) is 34.1. The van der Waals surface area contributed by atoms with Gasteiger partial charge in [0.1, 0.15) is 5.57 Å². The van der Waals surface area contributed by atoms with Gasteiger partial charge in [-0.3, -0.25) is 0 Å². The van der Waals surface area contributed by atoms with Crippen LogP contribution in [0.4, 0.5) is 13.2 Å². The van der Waals surface area contributed by atoms with Crippen LogP contribution < -0.4 is 5.32 Å². The number of ether oxygens (including phenoxy) is 2. The fraction of sp³-hybridized carbons (Fsp3) is 0.750. The van der Waals surface area contributed by atoms with Gasteiger partial charge in [0.25, 0.3) is 0 Å². The number of hydrogen-bond donors (Lipinski definition) is 1. The van der Waals surface area contributed by atoms with Gasteiger partial charge in [0.05, 0.1) is 25.8 Å². The van der Waals surface area contributed by atoms with Crippen LogP contribution in [0, 0.1) is 5.41 Å². The lowest BCUT2D eigenvalue weighted by molar-refractivity contribution is -0.144. The molecule has 0 heterocycles. The second kappa shape index (κ2) is 27.0. The smallest absolute Gasteiger partial charge is 0.345 e. The Balaban J connectivity index is -0.000000172. The SMILES string of the molecule is CC.CC.CC.CC.CC(C)F.COC(=O)C(=C/C=C/NC1CC1(C)C(F)F)C(=O)OC. The number of hydrogen-bond acceptors (Lipinski definition) is 5. The summed E-state index contributed by atoms with van der Waals surface area (Å²) in [5, 5.41) is 2.79. The molecule has 5 nitrogen and oxygen atoms in total. The van der Waals surface area contributed by atoms with E-state index in [0.717, 1.165) is 14.2 Å². The van der Waals surface area contributed by atoms with Crippen molar-refractivity contribution >= 4 is 11.9 Å². The minimum absolute atomic E-state index is 0.277. The maximum atomic E-state index is 12.6.